The predicted octanol–water partition coefficient (Wildman–Crippen LogP) is 3.10. The summed E-state index contributed by atoms with van der Waals surface area (Å²) in [5.41, 5.74) is 0.373. The lowest BCUT2D eigenvalue weighted by atomic mass is 10.2. The van der Waals surface area contributed by atoms with Gasteiger partial charge >= 0.3 is 5.70 Å². The van der Waals surface area contributed by atoms with Crippen LogP contribution < -0.4 is 4.90 Å². The van der Waals surface area contributed by atoms with Gasteiger partial charge in [-0.3, -0.25) is 14.9 Å². The number of aromatic nitrogens is 1. The molecule has 0 bridgehead atoms. The van der Waals surface area contributed by atoms with E-state index in [-0.39, 0.29) is 12.1 Å². The van der Waals surface area contributed by atoms with E-state index in [0.717, 1.165) is 0 Å². The van der Waals surface area contributed by atoms with Crippen LogP contribution in [0.2, 0.25) is 5.15 Å². The van der Waals surface area contributed by atoms with Crippen LogP contribution in [-0.4, -0.2) is 28.0 Å². The molecule has 0 saturated carbocycles. The van der Waals surface area contributed by atoms with E-state index >= 15 is 0 Å². The van der Waals surface area contributed by atoms with Crippen molar-refractivity contribution in [3.63, 3.8) is 0 Å². The lowest BCUT2D eigenvalue weighted by Gasteiger charge is -2.18. The van der Waals surface area contributed by atoms with Gasteiger partial charge in [-0.1, -0.05) is 30.3 Å². The van der Waals surface area contributed by atoms with Crippen LogP contribution in [0.5, 0.6) is 0 Å². The van der Waals surface area contributed by atoms with Gasteiger partial charge in [-0.2, -0.15) is 0 Å². The molecule has 1 fully saturated rings. The predicted molar refractivity (Wildman–Crippen MR) is 83.0 cm³/mol. The molecule has 1 saturated heterocycles. The third-order valence-corrected chi connectivity index (χ3v) is 4.25. The number of nitrogens with zero attached hydrogens (tertiary/aromatic N) is 3. The Morgan fingerprint density at radius 3 is 2.90 bits per heavy atom. The molecule has 0 N–H and O–H groups in total. The largest absolute Gasteiger partial charge is 0.341 e. The first-order chi connectivity index (χ1) is 10.0. The van der Waals surface area contributed by atoms with Gasteiger partial charge in [0.1, 0.15) is 5.15 Å². The highest BCUT2D eigenvalue weighted by atomic mass is 35.5. The summed E-state index contributed by atoms with van der Waals surface area (Å²) >= 11 is 7.07. The number of anilines is 1. The lowest BCUT2D eigenvalue weighted by molar-refractivity contribution is -0.419. The molecule has 1 aromatic heterocycles. The molecule has 1 aromatic rings. The summed E-state index contributed by atoms with van der Waals surface area (Å²) in [4.78, 5) is 28.5. The fourth-order valence-electron chi connectivity index (χ4n) is 2.03. The highest BCUT2D eigenvalue weighted by Gasteiger charge is 2.34. The molecular formula is C13H14ClN3O3S. The maximum atomic E-state index is 12.0. The van der Waals surface area contributed by atoms with E-state index in [1.54, 1.807) is 23.2 Å². The summed E-state index contributed by atoms with van der Waals surface area (Å²) in [6.45, 7) is 2.42. The van der Waals surface area contributed by atoms with Crippen molar-refractivity contribution in [2.75, 3.05) is 17.2 Å². The summed E-state index contributed by atoms with van der Waals surface area (Å²) < 4.78 is 0. The quantitative estimate of drug-likeness (QED) is 0.358. The Kier molecular flexibility index (Phi) is 5.19. The van der Waals surface area contributed by atoms with E-state index in [1.807, 2.05) is 6.92 Å². The number of thioether (sulfide) groups is 1. The van der Waals surface area contributed by atoms with Crippen LogP contribution in [0, 0.1) is 10.1 Å². The van der Waals surface area contributed by atoms with E-state index in [2.05, 4.69) is 4.98 Å². The number of nitro groups is 1. The standard InChI is InChI=1S/C13H14ClN3O3S/c1-2-3-10(18)12(17(19)20)13-16(6-7-21-13)9-4-5-11(14)15-8-9/h4-5,8H,2-3,6-7H2,1H3/b13-12-. The number of pyridine rings is 1. The Morgan fingerprint density at radius 2 is 2.33 bits per heavy atom. The third kappa shape index (κ3) is 3.54. The monoisotopic (exact) mass is 327 g/mol. The summed E-state index contributed by atoms with van der Waals surface area (Å²) in [7, 11) is 0. The van der Waals surface area contributed by atoms with Gasteiger partial charge in [-0.15, -0.1) is 0 Å². The zero-order valence-corrected chi connectivity index (χ0v) is 13.0. The Balaban J connectivity index is 2.42. The molecule has 6 nitrogen and oxygen atoms in total. The molecule has 0 radical (unpaired) electrons. The second-order valence-electron chi connectivity index (χ2n) is 4.42. The van der Waals surface area contributed by atoms with Gasteiger partial charge in [0.05, 0.1) is 16.8 Å². The molecule has 0 amide bonds. The zero-order chi connectivity index (χ0) is 15.4. The molecular weight excluding hydrogens is 314 g/mol. The topological polar surface area (TPSA) is 76.3 Å². The van der Waals surface area contributed by atoms with Crippen molar-refractivity contribution >= 4 is 34.8 Å². The van der Waals surface area contributed by atoms with Gasteiger partial charge in [-0.05, 0) is 18.6 Å². The minimum atomic E-state index is -0.581. The van der Waals surface area contributed by atoms with Gasteiger partial charge in [0.2, 0.25) is 5.78 Å². The van der Waals surface area contributed by atoms with Gasteiger partial charge < -0.3 is 4.90 Å². The van der Waals surface area contributed by atoms with Gasteiger partial charge in [0, 0.05) is 18.7 Å². The summed E-state index contributed by atoms with van der Waals surface area (Å²) in [5, 5.41) is 12.0. The number of carbonyl (C=O) groups is 1. The number of ketones is 1. The molecule has 0 aliphatic carbocycles. The van der Waals surface area contributed by atoms with Crippen molar-refractivity contribution in [1.29, 1.82) is 0 Å². The number of allylic oxidation sites excluding steroid dienone is 1. The van der Waals surface area contributed by atoms with Crippen LogP contribution in [-0.2, 0) is 4.79 Å². The number of rotatable bonds is 5. The first kappa shape index (κ1) is 15.8. The zero-order valence-electron chi connectivity index (χ0n) is 11.4. The van der Waals surface area contributed by atoms with Gasteiger partial charge in [-0.25, -0.2) is 4.98 Å². The Labute approximate surface area is 131 Å². The number of hydrogen-bond donors (Lipinski definition) is 0. The molecule has 1 aliphatic heterocycles. The maximum absolute atomic E-state index is 12.0. The van der Waals surface area contributed by atoms with E-state index in [1.165, 1.54) is 11.8 Å². The van der Waals surface area contributed by atoms with Crippen LogP contribution in [0.1, 0.15) is 19.8 Å². The highest BCUT2D eigenvalue weighted by molar-refractivity contribution is 8.03. The number of carbonyl (C=O) groups excluding carboxylic acids is 1. The highest BCUT2D eigenvalue weighted by Crippen LogP contribution is 2.35. The fourth-order valence-corrected chi connectivity index (χ4v) is 3.28. The SMILES string of the molecule is CCCC(=O)/C(=C1/SCCN1c1ccc(Cl)nc1)[N+](=O)[O-]. The number of halogens is 1. The first-order valence-corrected chi connectivity index (χ1v) is 7.84. The Bertz CT molecular complexity index is 589. The third-order valence-electron chi connectivity index (χ3n) is 2.95. The van der Waals surface area contributed by atoms with E-state index < -0.39 is 10.7 Å². The smallest absolute Gasteiger partial charge is 0.328 e. The Morgan fingerprint density at radius 1 is 1.57 bits per heavy atom. The molecule has 0 aromatic carbocycles. The molecule has 21 heavy (non-hydrogen) atoms. The molecule has 0 atom stereocenters. The normalized spacial score (nSPS) is 17.0. The van der Waals surface area contributed by atoms with Gasteiger partial charge in [0.25, 0.3) is 0 Å². The van der Waals surface area contributed by atoms with E-state index in [9.17, 15) is 14.9 Å². The van der Waals surface area contributed by atoms with Crippen molar-refractivity contribution in [2.45, 2.75) is 19.8 Å². The molecule has 2 heterocycles. The van der Waals surface area contributed by atoms with Crippen LogP contribution in [0.25, 0.3) is 0 Å². The number of hydrogen-bond acceptors (Lipinski definition) is 6. The molecule has 2 rings (SSSR count). The molecule has 112 valence electrons. The van der Waals surface area contributed by atoms with Crippen molar-refractivity contribution < 1.29 is 9.72 Å². The Hall–Kier alpha value is -1.60. The second-order valence-corrected chi connectivity index (χ2v) is 5.89. The average Bonchev–Trinajstić information content (AvgIpc) is 2.88. The van der Waals surface area contributed by atoms with Crippen molar-refractivity contribution in [1.82, 2.24) is 4.98 Å². The van der Waals surface area contributed by atoms with Crippen LogP contribution >= 0.6 is 23.4 Å². The second kappa shape index (κ2) is 6.91. The summed E-state index contributed by atoms with van der Waals surface area (Å²) in [5.74, 6) is 0.258. The summed E-state index contributed by atoms with van der Waals surface area (Å²) in [6.07, 6.45) is 2.31. The lowest BCUT2D eigenvalue weighted by Crippen LogP contribution is -2.23. The average molecular weight is 328 g/mol. The molecule has 0 spiro atoms. The van der Waals surface area contributed by atoms with Crippen LogP contribution in [0.15, 0.2) is 29.1 Å². The van der Waals surface area contributed by atoms with Crippen LogP contribution in [0.3, 0.4) is 0 Å². The van der Waals surface area contributed by atoms with Crippen molar-refractivity contribution in [3.8, 4) is 0 Å². The van der Waals surface area contributed by atoms with Gasteiger partial charge in [0.15, 0.2) is 5.03 Å². The van der Waals surface area contributed by atoms with Crippen molar-refractivity contribution in [3.05, 3.63) is 44.3 Å². The van der Waals surface area contributed by atoms with E-state index in [0.29, 0.717) is 34.6 Å². The molecule has 8 heteroatoms. The first-order valence-electron chi connectivity index (χ1n) is 6.48. The number of Topliss-reactive ketones (excluding diaryl/α,β-unsaturated/α-hetero) is 1. The maximum Gasteiger partial charge on any atom is 0.341 e. The minimum absolute atomic E-state index is 0.174. The molecule has 0 unspecified atom stereocenters. The van der Waals surface area contributed by atoms with Crippen molar-refractivity contribution in [2.24, 2.45) is 0 Å². The minimum Gasteiger partial charge on any atom is -0.328 e. The van der Waals surface area contributed by atoms with E-state index in [4.69, 9.17) is 11.6 Å². The van der Waals surface area contributed by atoms with Crippen LogP contribution in [0.4, 0.5) is 5.69 Å². The fraction of sp³-hybridized carbons (Fsp3) is 0.385. The summed E-state index contributed by atoms with van der Waals surface area (Å²) in [6, 6.07) is 3.36. The molecule has 1 aliphatic rings.